The number of fused-ring (bicyclic) bond motifs is 1. The van der Waals surface area contributed by atoms with E-state index in [1.54, 1.807) is 6.07 Å². The van der Waals surface area contributed by atoms with Gasteiger partial charge in [0, 0.05) is 28.5 Å². The molecule has 29 heavy (non-hydrogen) atoms. The summed E-state index contributed by atoms with van der Waals surface area (Å²) in [5.74, 6) is -1.24. The fourth-order valence-electron chi connectivity index (χ4n) is 3.86. The molecule has 1 atom stereocenters. The number of aromatic nitrogens is 1. The highest BCUT2D eigenvalue weighted by Gasteiger charge is 2.35. The maximum absolute atomic E-state index is 14.8. The number of carbonyl (C=O) groups is 1. The Morgan fingerprint density at radius 3 is 2.66 bits per heavy atom. The molecule has 1 saturated carbocycles. The molecule has 1 unspecified atom stereocenters. The minimum atomic E-state index is -0.647. The van der Waals surface area contributed by atoms with Crippen molar-refractivity contribution in [1.82, 2.24) is 4.57 Å². The molecule has 2 fully saturated rings. The minimum absolute atomic E-state index is 0.00134. The Bertz CT molecular complexity index is 946. The monoisotopic (exact) mass is 404 g/mol. The normalized spacial score (nSPS) is 21.7. The van der Waals surface area contributed by atoms with E-state index in [2.05, 4.69) is 5.32 Å². The zero-order valence-electron chi connectivity index (χ0n) is 17.4. The SMILES string of the molecule is CC1(C)OCC(Cn2c(C(C)(C)CO)cc3cc(NC(=O)C4CC4)c(F)cc32)O1. The Morgan fingerprint density at radius 2 is 2.07 bits per heavy atom. The maximum atomic E-state index is 14.8. The second-order valence-corrected chi connectivity index (χ2v) is 9.29. The smallest absolute Gasteiger partial charge is 0.227 e. The predicted octanol–water partition coefficient (Wildman–Crippen LogP) is 3.55. The van der Waals surface area contributed by atoms with Crippen LogP contribution in [0.15, 0.2) is 18.2 Å². The van der Waals surface area contributed by atoms with Crippen molar-refractivity contribution in [1.29, 1.82) is 0 Å². The summed E-state index contributed by atoms with van der Waals surface area (Å²) < 4.78 is 28.5. The van der Waals surface area contributed by atoms with Gasteiger partial charge in [0.2, 0.25) is 5.91 Å². The summed E-state index contributed by atoms with van der Waals surface area (Å²) in [7, 11) is 0. The highest BCUT2D eigenvalue weighted by atomic mass is 19.1. The quantitative estimate of drug-likeness (QED) is 0.772. The third kappa shape index (κ3) is 4.04. The number of aliphatic hydroxyl groups is 1. The number of nitrogens with one attached hydrogen (secondary N) is 1. The molecule has 0 bridgehead atoms. The van der Waals surface area contributed by atoms with Crippen molar-refractivity contribution in [3.8, 4) is 0 Å². The molecule has 2 aliphatic rings. The fourth-order valence-corrected chi connectivity index (χ4v) is 3.86. The largest absolute Gasteiger partial charge is 0.395 e. The van der Waals surface area contributed by atoms with Crippen molar-refractivity contribution < 1.29 is 23.8 Å². The van der Waals surface area contributed by atoms with Crippen molar-refractivity contribution in [2.75, 3.05) is 18.5 Å². The third-order valence-electron chi connectivity index (χ3n) is 5.74. The van der Waals surface area contributed by atoms with Gasteiger partial charge in [0.1, 0.15) is 11.9 Å². The molecule has 0 spiro atoms. The second-order valence-electron chi connectivity index (χ2n) is 9.29. The second kappa shape index (κ2) is 7.07. The lowest BCUT2D eigenvalue weighted by molar-refractivity contribution is -0.139. The number of amides is 1. The van der Waals surface area contributed by atoms with Gasteiger partial charge in [-0.1, -0.05) is 13.8 Å². The molecule has 2 N–H and O–H groups in total. The molecule has 6 nitrogen and oxygen atoms in total. The van der Waals surface area contributed by atoms with Crippen LogP contribution in [0.1, 0.15) is 46.2 Å². The first-order valence-corrected chi connectivity index (χ1v) is 10.2. The standard InChI is InChI=1S/C22H29FN2O4/c1-21(2,12-26)19-8-14-7-17(24-20(27)13-5-6-13)16(23)9-18(14)25(19)10-15-11-28-22(3,4)29-15/h7-9,13,15,26H,5-6,10-12H2,1-4H3,(H,24,27). The van der Waals surface area contributed by atoms with Gasteiger partial charge in [-0.15, -0.1) is 0 Å². The third-order valence-corrected chi connectivity index (χ3v) is 5.74. The Balaban J connectivity index is 1.73. The van der Waals surface area contributed by atoms with Crippen LogP contribution >= 0.6 is 0 Å². The highest BCUT2D eigenvalue weighted by molar-refractivity contribution is 5.96. The topological polar surface area (TPSA) is 72.7 Å². The minimum Gasteiger partial charge on any atom is -0.395 e. The molecule has 1 aromatic heterocycles. The summed E-state index contributed by atoms with van der Waals surface area (Å²) in [6.07, 6.45) is 1.55. The zero-order chi connectivity index (χ0) is 21.0. The number of benzene rings is 1. The molecule has 158 valence electrons. The van der Waals surface area contributed by atoms with E-state index in [4.69, 9.17) is 9.47 Å². The molecule has 4 rings (SSSR count). The summed E-state index contributed by atoms with van der Waals surface area (Å²) in [6, 6.07) is 5.09. The lowest BCUT2D eigenvalue weighted by Gasteiger charge is -2.26. The van der Waals surface area contributed by atoms with Crippen LogP contribution in [0.3, 0.4) is 0 Å². The number of nitrogens with zero attached hydrogens (tertiary/aromatic N) is 1. The van der Waals surface area contributed by atoms with Crippen LogP contribution in [0.2, 0.25) is 0 Å². The molecule has 1 saturated heterocycles. The van der Waals surface area contributed by atoms with E-state index in [0.717, 1.165) is 23.9 Å². The van der Waals surface area contributed by atoms with Gasteiger partial charge >= 0.3 is 0 Å². The number of rotatable bonds is 6. The number of aliphatic hydroxyl groups excluding tert-OH is 1. The van der Waals surface area contributed by atoms with Gasteiger partial charge < -0.3 is 24.5 Å². The molecule has 1 amide bonds. The average molecular weight is 404 g/mol. The van der Waals surface area contributed by atoms with Crippen LogP contribution in [0.25, 0.3) is 10.9 Å². The van der Waals surface area contributed by atoms with E-state index in [-0.39, 0.29) is 30.2 Å². The van der Waals surface area contributed by atoms with Gasteiger partial charge in [0.15, 0.2) is 5.79 Å². The van der Waals surface area contributed by atoms with Crippen LogP contribution in [0.4, 0.5) is 10.1 Å². The molecule has 1 aliphatic carbocycles. The van der Waals surface area contributed by atoms with E-state index < -0.39 is 17.0 Å². The number of carbonyl (C=O) groups excluding carboxylic acids is 1. The van der Waals surface area contributed by atoms with Crippen molar-refractivity contribution in [2.24, 2.45) is 5.92 Å². The molecule has 2 heterocycles. The molecule has 1 aromatic carbocycles. The van der Waals surface area contributed by atoms with Gasteiger partial charge in [-0.2, -0.15) is 0 Å². The first-order valence-electron chi connectivity index (χ1n) is 10.2. The van der Waals surface area contributed by atoms with Crippen molar-refractivity contribution >= 4 is 22.5 Å². The first kappa shape index (κ1) is 20.3. The first-order chi connectivity index (χ1) is 13.6. The van der Waals surface area contributed by atoms with E-state index in [1.165, 1.54) is 6.07 Å². The fraction of sp³-hybridized carbons (Fsp3) is 0.591. The highest BCUT2D eigenvalue weighted by Crippen LogP contribution is 2.35. The maximum Gasteiger partial charge on any atom is 0.227 e. The predicted molar refractivity (Wildman–Crippen MR) is 108 cm³/mol. The number of anilines is 1. The Hall–Kier alpha value is -1.96. The van der Waals surface area contributed by atoms with Crippen LogP contribution in [-0.4, -0.2) is 40.7 Å². The summed E-state index contributed by atoms with van der Waals surface area (Å²) in [4.78, 5) is 12.1. The van der Waals surface area contributed by atoms with Crippen LogP contribution < -0.4 is 5.32 Å². The van der Waals surface area contributed by atoms with Gasteiger partial charge in [-0.3, -0.25) is 4.79 Å². The van der Waals surface area contributed by atoms with Gasteiger partial charge in [0.25, 0.3) is 0 Å². The number of halogens is 1. The van der Waals surface area contributed by atoms with Gasteiger partial charge in [-0.05, 0) is 38.8 Å². The van der Waals surface area contributed by atoms with Crippen LogP contribution in [-0.2, 0) is 26.2 Å². The van der Waals surface area contributed by atoms with E-state index in [0.29, 0.717) is 18.7 Å². The van der Waals surface area contributed by atoms with E-state index in [1.807, 2.05) is 38.3 Å². The Labute approximate surface area is 170 Å². The molecular weight excluding hydrogens is 375 g/mol. The Morgan fingerprint density at radius 1 is 1.34 bits per heavy atom. The van der Waals surface area contributed by atoms with E-state index in [9.17, 15) is 14.3 Å². The molecule has 2 aromatic rings. The molecule has 0 radical (unpaired) electrons. The number of hydrogen-bond acceptors (Lipinski definition) is 4. The summed E-state index contributed by atoms with van der Waals surface area (Å²) >= 11 is 0. The van der Waals surface area contributed by atoms with Crippen molar-refractivity contribution in [2.45, 2.75) is 64.4 Å². The number of hydrogen-bond donors (Lipinski definition) is 2. The summed E-state index contributed by atoms with van der Waals surface area (Å²) in [6.45, 7) is 8.51. The molecular formula is C22H29FN2O4. The van der Waals surface area contributed by atoms with Gasteiger partial charge in [-0.25, -0.2) is 4.39 Å². The van der Waals surface area contributed by atoms with Crippen LogP contribution in [0, 0.1) is 11.7 Å². The average Bonchev–Trinajstić information content (AvgIpc) is 3.37. The lowest BCUT2D eigenvalue weighted by atomic mass is 9.90. The summed E-state index contributed by atoms with van der Waals surface area (Å²) in [5, 5.41) is 13.5. The molecule has 7 heteroatoms. The van der Waals surface area contributed by atoms with Crippen molar-refractivity contribution in [3.05, 3.63) is 29.7 Å². The van der Waals surface area contributed by atoms with Gasteiger partial charge in [0.05, 0.1) is 31.0 Å². The van der Waals surface area contributed by atoms with Crippen LogP contribution in [0.5, 0.6) is 0 Å². The lowest BCUT2D eigenvalue weighted by Crippen LogP contribution is -2.29. The van der Waals surface area contributed by atoms with E-state index >= 15 is 0 Å². The van der Waals surface area contributed by atoms with Crippen molar-refractivity contribution in [3.63, 3.8) is 0 Å². The number of ether oxygens (including phenoxy) is 2. The summed E-state index contributed by atoms with van der Waals surface area (Å²) in [5.41, 5.74) is 1.26. The molecule has 1 aliphatic heterocycles. The zero-order valence-corrected chi connectivity index (χ0v) is 17.4. The Kier molecular flexibility index (Phi) is 4.96.